The third kappa shape index (κ3) is 4.12. The molecule has 0 saturated carbocycles. The number of amides is 1. The van der Waals surface area contributed by atoms with Gasteiger partial charge in [-0.05, 0) is 23.6 Å². The summed E-state index contributed by atoms with van der Waals surface area (Å²) in [6.07, 6.45) is 3.36. The zero-order valence-corrected chi connectivity index (χ0v) is 11.7. The fourth-order valence-corrected chi connectivity index (χ4v) is 1.73. The first-order valence-corrected chi connectivity index (χ1v) is 6.63. The van der Waals surface area contributed by atoms with Gasteiger partial charge in [0.05, 0.1) is 6.54 Å². The molecule has 1 amide bonds. The van der Waals surface area contributed by atoms with Crippen LogP contribution < -0.4 is 10.1 Å². The molecular weight excluding hydrogens is 254 g/mol. The summed E-state index contributed by atoms with van der Waals surface area (Å²) in [6.45, 7) is 4.65. The largest absolute Gasteiger partial charge is 0.484 e. The quantitative estimate of drug-likeness (QED) is 0.848. The SMILES string of the molecule is CC(C)c1ccc(OCC(=O)NCc2ncc[nH]2)cc1. The molecule has 106 valence electrons. The lowest BCUT2D eigenvalue weighted by molar-refractivity contribution is -0.123. The highest BCUT2D eigenvalue weighted by molar-refractivity contribution is 5.77. The number of H-pyrrole nitrogens is 1. The molecule has 0 atom stereocenters. The summed E-state index contributed by atoms with van der Waals surface area (Å²) in [7, 11) is 0. The summed E-state index contributed by atoms with van der Waals surface area (Å²) in [5.74, 6) is 1.73. The minimum Gasteiger partial charge on any atom is -0.484 e. The normalized spacial score (nSPS) is 10.6. The number of imidazole rings is 1. The Labute approximate surface area is 118 Å². The summed E-state index contributed by atoms with van der Waals surface area (Å²) in [5, 5.41) is 2.73. The number of hydrogen-bond acceptors (Lipinski definition) is 3. The van der Waals surface area contributed by atoms with E-state index in [1.54, 1.807) is 12.4 Å². The Hall–Kier alpha value is -2.30. The van der Waals surface area contributed by atoms with Crippen molar-refractivity contribution in [2.45, 2.75) is 26.3 Å². The van der Waals surface area contributed by atoms with Crippen LogP contribution in [0.1, 0.15) is 31.2 Å². The first kappa shape index (κ1) is 14.1. The molecule has 1 aromatic carbocycles. The molecule has 0 aliphatic rings. The van der Waals surface area contributed by atoms with Gasteiger partial charge in [-0.3, -0.25) is 4.79 Å². The van der Waals surface area contributed by atoms with Crippen molar-refractivity contribution in [1.82, 2.24) is 15.3 Å². The first-order valence-electron chi connectivity index (χ1n) is 6.63. The van der Waals surface area contributed by atoms with Crippen molar-refractivity contribution in [3.05, 3.63) is 48.0 Å². The zero-order chi connectivity index (χ0) is 14.4. The van der Waals surface area contributed by atoms with Gasteiger partial charge < -0.3 is 15.0 Å². The van der Waals surface area contributed by atoms with Gasteiger partial charge >= 0.3 is 0 Å². The lowest BCUT2D eigenvalue weighted by Crippen LogP contribution is -2.28. The molecule has 0 aliphatic carbocycles. The third-order valence-electron chi connectivity index (χ3n) is 2.92. The van der Waals surface area contributed by atoms with Crippen molar-refractivity contribution >= 4 is 5.91 Å². The highest BCUT2D eigenvalue weighted by Gasteiger charge is 2.04. The van der Waals surface area contributed by atoms with Gasteiger partial charge in [-0.1, -0.05) is 26.0 Å². The molecule has 2 N–H and O–H groups in total. The maximum Gasteiger partial charge on any atom is 0.258 e. The van der Waals surface area contributed by atoms with E-state index in [4.69, 9.17) is 4.74 Å². The van der Waals surface area contributed by atoms with Crippen molar-refractivity contribution in [2.24, 2.45) is 0 Å². The van der Waals surface area contributed by atoms with Crippen LogP contribution in [0.15, 0.2) is 36.7 Å². The molecule has 5 heteroatoms. The first-order chi connectivity index (χ1) is 9.65. The molecule has 1 aromatic heterocycles. The Bertz CT molecular complexity index is 533. The van der Waals surface area contributed by atoms with Gasteiger partial charge in [0.25, 0.3) is 5.91 Å². The van der Waals surface area contributed by atoms with Crippen LogP contribution in [0.2, 0.25) is 0 Å². The number of ether oxygens (including phenoxy) is 1. The fraction of sp³-hybridized carbons (Fsp3) is 0.333. The topological polar surface area (TPSA) is 67.0 Å². The van der Waals surface area contributed by atoms with E-state index >= 15 is 0 Å². The number of hydrogen-bond donors (Lipinski definition) is 2. The van der Waals surface area contributed by atoms with E-state index in [1.807, 2.05) is 24.3 Å². The third-order valence-corrected chi connectivity index (χ3v) is 2.92. The number of nitrogens with one attached hydrogen (secondary N) is 2. The Morgan fingerprint density at radius 1 is 1.35 bits per heavy atom. The maximum atomic E-state index is 11.6. The lowest BCUT2D eigenvalue weighted by atomic mass is 10.0. The number of nitrogens with zero attached hydrogens (tertiary/aromatic N) is 1. The number of carbonyl (C=O) groups is 1. The second-order valence-electron chi connectivity index (χ2n) is 4.83. The van der Waals surface area contributed by atoms with Gasteiger partial charge in [0.15, 0.2) is 6.61 Å². The molecule has 1 heterocycles. The Balaban J connectivity index is 1.75. The monoisotopic (exact) mass is 273 g/mol. The molecule has 0 fully saturated rings. The highest BCUT2D eigenvalue weighted by Crippen LogP contribution is 2.18. The summed E-state index contributed by atoms with van der Waals surface area (Å²) < 4.78 is 5.43. The van der Waals surface area contributed by atoms with Crippen molar-refractivity contribution < 1.29 is 9.53 Å². The molecule has 2 aromatic rings. The van der Waals surface area contributed by atoms with E-state index in [0.29, 0.717) is 18.2 Å². The van der Waals surface area contributed by atoms with Gasteiger partial charge in [0, 0.05) is 12.4 Å². The smallest absolute Gasteiger partial charge is 0.258 e. The molecule has 20 heavy (non-hydrogen) atoms. The van der Waals surface area contributed by atoms with Crippen molar-refractivity contribution in [3.8, 4) is 5.75 Å². The molecular formula is C15H19N3O2. The average Bonchev–Trinajstić information content (AvgIpc) is 2.96. The second-order valence-corrected chi connectivity index (χ2v) is 4.83. The predicted octanol–water partition coefficient (Wildman–Crippen LogP) is 2.23. The lowest BCUT2D eigenvalue weighted by Gasteiger charge is -2.09. The van der Waals surface area contributed by atoms with E-state index in [0.717, 1.165) is 5.82 Å². The molecule has 0 radical (unpaired) electrons. The van der Waals surface area contributed by atoms with Crippen molar-refractivity contribution in [1.29, 1.82) is 0 Å². The highest BCUT2D eigenvalue weighted by atomic mass is 16.5. The van der Waals surface area contributed by atoms with Gasteiger partial charge in [-0.15, -0.1) is 0 Å². The Kier molecular flexibility index (Phi) is 4.76. The summed E-state index contributed by atoms with van der Waals surface area (Å²) in [6, 6.07) is 7.80. The molecule has 0 saturated heterocycles. The van der Waals surface area contributed by atoms with E-state index in [2.05, 4.69) is 29.1 Å². The second kappa shape index (κ2) is 6.75. The average molecular weight is 273 g/mol. The molecule has 0 bridgehead atoms. The van der Waals surface area contributed by atoms with Gasteiger partial charge in [0.2, 0.25) is 0 Å². The van der Waals surface area contributed by atoms with Gasteiger partial charge in [0.1, 0.15) is 11.6 Å². The molecule has 2 rings (SSSR count). The number of carbonyl (C=O) groups excluding carboxylic acids is 1. The van der Waals surface area contributed by atoms with Crippen LogP contribution in [0.25, 0.3) is 0 Å². The molecule has 0 aliphatic heterocycles. The van der Waals surface area contributed by atoms with E-state index in [1.165, 1.54) is 5.56 Å². The molecule has 5 nitrogen and oxygen atoms in total. The summed E-state index contributed by atoms with van der Waals surface area (Å²) >= 11 is 0. The van der Waals surface area contributed by atoms with Gasteiger partial charge in [-0.2, -0.15) is 0 Å². The van der Waals surface area contributed by atoms with Crippen LogP contribution in [0.3, 0.4) is 0 Å². The molecule has 0 spiro atoms. The van der Waals surface area contributed by atoms with Crippen LogP contribution in [0, 0.1) is 0 Å². The number of aromatic amines is 1. The van der Waals surface area contributed by atoms with E-state index in [9.17, 15) is 4.79 Å². The van der Waals surface area contributed by atoms with E-state index < -0.39 is 0 Å². The summed E-state index contributed by atoms with van der Waals surface area (Å²) in [5.41, 5.74) is 1.25. The molecule has 0 unspecified atom stereocenters. The Morgan fingerprint density at radius 3 is 2.70 bits per heavy atom. The van der Waals surface area contributed by atoms with Crippen molar-refractivity contribution in [3.63, 3.8) is 0 Å². The zero-order valence-electron chi connectivity index (χ0n) is 11.7. The van der Waals surface area contributed by atoms with Crippen LogP contribution in [-0.2, 0) is 11.3 Å². The maximum absolute atomic E-state index is 11.6. The number of benzene rings is 1. The van der Waals surface area contributed by atoms with Crippen LogP contribution in [0.4, 0.5) is 0 Å². The fourth-order valence-electron chi connectivity index (χ4n) is 1.73. The minimum absolute atomic E-state index is 0.00172. The predicted molar refractivity (Wildman–Crippen MR) is 76.5 cm³/mol. The number of aromatic nitrogens is 2. The van der Waals surface area contributed by atoms with Crippen LogP contribution in [0.5, 0.6) is 5.75 Å². The Morgan fingerprint density at radius 2 is 2.10 bits per heavy atom. The van der Waals surface area contributed by atoms with E-state index in [-0.39, 0.29) is 12.5 Å². The minimum atomic E-state index is -0.172. The summed E-state index contributed by atoms with van der Waals surface area (Å²) in [4.78, 5) is 18.5. The van der Waals surface area contributed by atoms with Crippen LogP contribution in [-0.4, -0.2) is 22.5 Å². The standard InChI is InChI=1S/C15H19N3O2/c1-11(2)12-3-5-13(6-4-12)20-10-15(19)18-9-14-16-7-8-17-14/h3-8,11H,9-10H2,1-2H3,(H,16,17)(H,18,19). The van der Waals surface area contributed by atoms with Crippen LogP contribution >= 0.6 is 0 Å². The number of rotatable bonds is 6. The van der Waals surface area contributed by atoms with Gasteiger partial charge in [-0.25, -0.2) is 4.98 Å². The van der Waals surface area contributed by atoms with Crippen molar-refractivity contribution in [2.75, 3.05) is 6.61 Å².